The van der Waals surface area contributed by atoms with Gasteiger partial charge in [0.25, 0.3) is 0 Å². The minimum absolute atomic E-state index is 0.233. The van der Waals surface area contributed by atoms with Crippen LogP contribution in [0.5, 0.6) is 0 Å². The van der Waals surface area contributed by atoms with Crippen LogP contribution in [0, 0.1) is 5.92 Å². The number of piperazine rings is 1. The standard InChI is InChI=1S/C21H30F3N3O/c1-17(28)16-26-9-6-18(7-10-26)5-8-25-11-13-27(14-12-25)20-4-2-3-19(15-20)21(22,23)24/h2-4,15,18H,5-14,16H2,1H3. The van der Waals surface area contributed by atoms with Crippen molar-refractivity contribution in [2.45, 2.75) is 32.4 Å². The van der Waals surface area contributed by atoms with Gasteiger partial charge in [-0.05, 0) is 69.9 Å². The fourth-order valence-corrected chi connectivity index (χ4v) is 4.22. The van der Waals surface area contributed by atoms with E-state index in [0.29, 0.717) is 18.2 Å². The lowest BCUT2D eigenvalue weighted by Crippen LogP contribution is -2.47. The van der Waals surface area contributed by atoms with E-state index < -0.39 is 11.7 Å². The third-order valence-corrected chi connectivity index (χ3v) is 5.92. The molecule has 0 spiro atoms. The molecule has 1 aromatic rings. The van der Waals surface area contributed by atoms with E-state index in [-0.39, 0.29) is 5.78 Å². The van der Waals surface area contributed by atoms with Gasteiger partial charge < -0.3 is 4.90 Å². The summed E-state index contributed by atoms with van der Waals surface area (Å²) in [6, 6.07) is 5.63. The Morgan fingerprint density at radius 3 is 2.32 bits per heavy atom. The first-order valence-corrected chi connectivity index (χ1v) is 10.2. The van der Waals surface area contributed by atoms with E-state index in [1.54, 1.807) is 13.0 Å². The van der Waals surface area contributed by atoms with Crippen LogP contribution in [0.3, 0.4) is 0 Å². The number of hydrogen-bond acceptors (Lipinski definition) is 4. The van der Waals surface area contributed by atoms with Crippen molar-refractivity contribution in [3.05, 3.63) is 29.8 Å². The predicted molar refractivity (Wildman–Crippen MR) is 105 cm³/mol. The zero-order valence-electron chi connectivity index (χ0n) is 16.5. The van der Waals surface area contributed by atoms with Crippen LogP contribution >= 0.6 is 0 Å². The smallest absolute Gasteiger partial charge is 0.369 e. The molecule has 2 saturated heterocycles. The highest BCUT2D eigenvalue weighted by Crippen LogP contribution is 2.32. The highest BCUT2D eigenvalue weighted by molar-refractivity contribution is 5.77. The Labute approximate surface area is 165 Å². The van der Waals surface area contributed by atoms with E-state index in [2.05, 4.69) is 9.80 Å². The fourth-order valence-electron chi connectivity index (χ4n) is 4.22. The third-order valence-electron chi connectivity index (χ3n) is 5.92. The van der Waals surface area contributed by atoms with Crippen molar-refractivity contribution >= 4 is 11.5 Å². The number of halogens is 3. The molecule has 2 fully saturated rings. The molecule has 4 nitrogen and oxygen atoms in total. The van der Waals surface area contributed by atoms with E-state index >= 15 is 0 Å². The summed E-state index contributed by atoms with van der Waals surface area (Å²) in [5.41, 5.74) is 0.0795. The van der Waals surface area contributed by atoms with E-state index in [1.165, 1.54) is 12.1 Å². The molecule has 0 saturated carbocycles. The minimum Gasteiger partial charge on any atom is -0.369 e. The van der Waals surface area contributed by atoms with Gasteiger partial charge in [0, 0.05) is 31.9 Å². The Morgan fingerprint density at radius 2 is 1.71 bits per heavy atom. The number of carbonyl (C=O) groups is 1. The van der Waals surface area contributed by atoms with Crippen LogP contribution in [0.1, 0.15) is 31.7 Å². The van der Waals surface area contributed by atoms with Gasteiger partial charge in [0.05, 0.1) is 12.1 Å². The lowest BCUT2D eigenvalue weighted by molar-refractivity contribution is -0.137. The molecule has 7 heteroatoms. The lowest BCUT2D eigenvalue weighted by atomic mass is 9.93. The highest BCUT2D eigenvalue weighted by atomic mass is 19.4. The number of nitrogens with zero attached hydrogens (tertiary/aromatic N) is 3. The Balaban J connectivity index is 1.40. The number of anilines is 1. The first kappa shape index (κ1) is 21.1. The molecule has 2 aliphatic rings. The molecule has 1 aromatic carbocycles. The number of Topliss-reactive ketones (excluding diaryl/α,β-unsaturated/α-hetero) is 1. The van der Waals surface area contributed by atoms with Gasteiger partial charge in [-0.15, -0.1) is 0 Å². The van der Waals surface area contributed by atoms with Gasteiger partial charge in [0.2, 0.25) is 0 Å². The number of piperidine rings is 1. The predicted octanol–water partition coefficient (Wildman–Crippen LogP) is 3.52. The summed E-state index contributed by atoms with van der Waals surface area (Å²) < 4.78 is 38.7. The Kier molecular flexibility index (Phi) is 6.99. The summed E-state index contributed by atoms with van der Waals surface area (Å²) in [7, 11) is 0. The van der Waals surface area contributed by atoms with Crippen molar-refractivity contribution in [2.24, 2.45) is 5.92 Å². The van der Waals surface area contributed by atoms with Crippen molar-refractivity contribution in [2.75, 3.05) is 57.3 Å². The molecule has 0 amide bonds. The molecule has 156 valence electrons. The Bertz CT molecular complexity index is 649. The molecule has 0 radical (unpaired) electrons. The summed E-state index contributed by atoms with van der Waals surface area (Å²) >= 11 is 0. The van der Waals surface area contributed by atoms with Crippen LogP contribution in [-0.2, 0) is 11.0 Å². The molecule has 0 bridgehead atoms. The number of benzene rings is 1. The second-order valence-electron chi connectivity index (χ2n) is 8.09. The maximum atomic E-state index is 12.9. The maximum Gasteiger partial charge on any atom is 0.416 e. The van der Waals surface area contributed by atoms with Gasteiger partial charge in [-0.2, -0.15) is 13.2 Å². The van der Waals surface area contributed by atoms with Gasteiger partial charge in [0.1, 0.15) is 5.78 Å². The van der Waals surface area contributed by atoms with Gasteiger partial charge >= 0.3 is 6.18 Å². The molecule has 3 rings (SSSR count). The highest BCUT2D eigenvalue weighted by Gasteiger charge is 2.31. The number of alkyl halides is 3. The van der Waals surface area contributed by atoms with E-state index in [1.807, 2.05) is 4.90 Å². The average Bonchev–Trinajstić information content (AvgIpc) is 2.67. The van der Waals surface area contributed by atoms with Gasteiger partial charge in [0.15, 0.2) is 0 Å². The molecule has 28 heavy (non-hydrogen) atoms. The fraction of sp³-hybridized carbons (Fsp3) is 0.667. The molecular weight excluding hydrogens is 367 g/mol. The largest absolute Gasteiger partial charge is 0.416 e. The molecule has 0 atom stereocenters. The van der Waals surface area contributed by atoms with E-state index in [9.17, 15) is 18.0 Å². The van der Waals surface area contributed by atoms with E-state index in [0.717, 1.165) is 71.1 Å². The molecule has 2 aliphatic heterocycles. The Morgan fingerprint density at radius 1 is 1.04 bits per heavy atom. The first-order valence-electron chi connectivity index (χ1n) is 10.2. The maximum absolute atomic E-state index is 12.9. The van der Waals surface area contributed by atoms with Crippen molar-refractivity contribution in [1.82, 2.24) is 9.80 Å². The molecule has 0 aliphatic carbocycles. The molecule has 2 heterocycles. The van der Waals surface area contributed by atoms with Crippen LogP contribution in [0.2, 0.25) is 0 Å². The summed E-state index contributed by atoms with van der Waals surface area (Å²) in [5, 5.41) is 0. The zero-order valence-corrected chi connectivity index (χ0v) is 16.5. The SMILES string of the molecule is CC(=O)CN1CCC(CCN2CCN(c3cccc(C(F)(F)F)c3)CC2)CC1. The molecule has 0 N–H and O–H groups in total. The Hall–Kier alpha value is -1.60. The second kappa shape index (κ2) is 9.27. The van der Waals surface area contributed by atoms with Gasteiger partial charge in [-0.25, -0.2) is 0 Å². The van der Waals surface area contributed by atoms with Crippen LogP contribution in [-0.4, -0.2) is 67.9 Å². The summed E-state index contributed by atoms with van der Waals surface area (Å²) in [6.45, 7) is 8.58. The zero-order chi connectivity index (χ0) is 20.1. The number of likely N-dealkylation sites (tertiary alicyclic amines) is 1. The van der Waals surface area contributed by atoms with Crippen LogP contribution in [0.4, 0.5) is 18.9 Å². The summed E-state index contributed by atoms with van der Waals surface area (Å²) in [5.74, 6) is 0.946. The van der Waals surface area contributed by atoms with Crippen LogP contribution < -0.4 is 4.90 Å². The van der Waals surface area contributed by atoms with E-state index in [4.69, 9.17) is 0 Å². The summed E-state index contributed by atoms with van der Waals surface area (Å²) in [6.07, 6.45) is -0.829. The molecule has 0 aromatic heterocycles. The number of hydrogen-bond donors (Lipinski definition) is 0. The van der Waals surface area contributed by atoms with Crippen LogP contribution in [0.25, 0.3) is 0 Å². The number of ketones is 1. The first-order chi connectivity index (χ1) is 13.3. The average molecular weight is 397 g/mol. The number of carbonyl (C=O) groups excluding carboxylic acids is 1. The third kappa shape index (κ3) is 5.95. The van der Waals surface area contributed by atoms with Crippen molar-refractivity contribution in [3.63, 3.8) is 0 Å². The monoisotopic (exact) mass is 397 g/mol. The van der Waals surface area contributed by atoms with Crippen molar-refractivity contribution in [3.8, 4) is 0 Å². The topological polar surface area (TPSA) is 26.8 Å². The summed E-state index contributed by atoms with van der Waals surface area (Å²) in [4.78, 5) is 17.9. The number of rotatable bonds is 6. The van der Waals surface area contributed by atoms with Crippen LogP contribution in [0.15, 0.2) is 24.3 Å². The minimum atomic E-state index is -4.29. The van der Waals surface area contributed by atoms with Crippen molar-refractivity contribution < 1.29 is 18.0 Å². The molecular formula is C21H30F3N3O. The second-order valence-corrected chi connectivity index (χ2v) is 8.09. The van der Waals surface area contributed by atoms with Gasteiger partial charge in [-0.3, -0.25) is 14.6 Å². The molecule has 0 unspecified atom stereocenters. The van der Waals surface area contributed by atoms with Crippen molar-refractivity contribution in [1.29, 1.82) is 0 Å². The quantitative estimate of drug-likeness (QED) is 0.734. The normalized spacial score (nSPS) is 20.5. The van der Waals surface area contributed by atoms with Gasteiger partial charge in [-0.1, -0.05) is 6.07 Å². The lowest BCUT2D eigenvalue weighted by Gasteiger charge is -2.37.